The summed E-state index contributed by atoms with van der Waals surface area (Å²) < 4.78 is 4.70. The summed E-state index contributed by atoms with van der Waals surface area (Å²) in [6, 6.07) is 2.64. The van der Waals surface area contributed by atoms with Crippen LogP contribution in [-0.4, -0.2) is 11.2 Å². The van der Waals surface area contributed by atoms with Crippen molar-refractivity contribution in [2.45, 2.75) is 0 Å². The maximum atomic E-state index is 10.1. The lowest BCUT2D eigenvalue weighted by Crippen LogP contribution is -1.82. The van der Waals surface area contributed by atoms with Gasteiger partial charge in [-0.2, -0.15) is 0 Å². The maximum Gasteiger partial charge on any atom is 0.433 e. The van der Waals surface area contributed by atoms with Crippen LogP contribution in [0.15, 0.2) is 22.6 Å². The molecular formula is C7H5NO4. The number of furan rings is 1. The van der Waals surface area contributed by atoms with Crippen LogP contribution in [0.3, 0.4) is 0 Å². The summed E-state index contributed by atoms with van der Waals surface area (Å²) in [6.07, 6.45) is 3.11. The van der Waals surface area contributed by atoms with Crippen LogP contribution in [0, 0.1) is 10.1 Å². The quantitative estimate of drug-likeness (QED) is 0.295. The third kappa shape index (κ3) is 1.79. The van der Waals surface area contributed by atoms with Gasteiger partial charge in [0.15, 0.2) is 0 Å². The normalized spacial score (nSPS) is 10.3. The van der Waals surface area contributed by atoms with Crippen molar-refractivity contribution in [1.29, 1.82) is 0 Å². The second-order valence-electron chi connectivity index (χ2n) is 1.93. The fourth-order valence-corrected chi connectivity index (χ4v) is 0.664. The van der Waals surface area contributed by atoms with Crippen LogP contribution in [0.5, 0.6) is 0 Å². The Labute approximate surface area is 67.4 Å². The number of carbonyl (C=O) groups excluding carboxylic acids is 1. The van der Waals surface area contributed by atoms with Crippen LogP contribution < -0.4 is 0 Å². The molecule has 0 radical (unpaired) electrons. The first-order valence-electron chi connectivity index (χ1n) is 3.10. The fraction of sp³-hybridized carbons (Fsp3) is 0. The van der Waals surface area contributed by atoms with Crippen molar-refractivity contribution < 1.29 is 14.1 Å². The second-order valence-corrected chi connectivity index (χ2v) is 1.93. The fourth-order valence-electron chi connectivity index (χ4n) is 0.664. The molecule has 0 unspecified atom stereocenters. The van der Waals surface area contributed by atoms with Crippen LogP contribution in [0.25, 0.3) is 6.08 Å². The molecule has 1 rings (SSSR count). The van der Waals surface area contributed by atoms with E-state index in [0.29, 0.717) is 6.29 Å². The molecule has 0 saturated carbocycles. The molecule has 1 aromatic heterocycles. The maximum absolute atomic E-state index is 10.1. The van der Waals surface area contributed by atoms with Gasteiger partial charge in [-0.1, -0.05) is 0 Å². The minimum atomic E-state index is -0.641. The van der Waals surface area contributed by atoms with Crippen molar-refractivity contribution in [2.24, 2.45) is 0 Å². The first kappa shape index (κ1) is 8.19. The lowest BCUT2D eigenvalue weighted by molar-refractivity contribution is -0.402. The molecule has 0 N–H and O–H groups in total. The molecule has 0 atom stereocenters. The molecular weight excluding hydrogens is 162 g/mol. The van der Waals surface area contributed by atoms with Gasteiger partial charge in [-0.05, 0) is 18.2 Å². The Balaban J connectivity index is 2.84. The van der Waals surface area contributed by atoms with E-state index in [4.69, 9.17) is 4.42 Å². The Kier molecular flexibility index (Phi) is 2.37. The zero-order valence-electron chi connectivity index (χ0n) is 5.97. The predicted molar refractivity (Wildman–Crippen MR) is 40.5 cm³/mol. The van der Waals surface area contributed by atoms with E-state index >= 15 is 0 Å². The second kappa shape index (κ2) is 3.47. The van der Waals surface area contributed by atoms with Gasteiger partial charge in [0.1, 0.15) is 17.0 Å². The number of allylic oxidation sites excluding steroid dienone is 1. The van der Waals surface area contributed by atoms with Crippen LogP contribution in [0.4, 0.5) is 5.88 Å². The van der Waals surface area contributed by atoms with Crippen molar-refractivity contribution in [3.63, 3.8) is 0 Å². The van der Waals surface area contributed by atoms with Crippen LogP contribution in [0.1, 0.15) is 5.76 Å². The SMILES string of the molecule is O=C/C=C\c1ccc([N+](=O)[O-])o1. The Morgan fingerprint density at radius 3 is 2.75 bits per heavy atom. The third-order valence-electron chi connectivity index (χ3n) is 1.13. The number of nitrogens with zero attached hydrogens (tertiary/aromatic N) is 1. The van der Waals surface area contributed by atoms with E-state index in [1.54, 1.807) is 0 Å². The number of hydrogen-bond acceptors (Lipinski definition) is 4. The summed E-state index contributed by atoms with van der Waals surface area (Å²) in [5.74, 6) is -0.0469. The third-order valence-corrected chi connectivity index (χ3v) is 1.13. The van der Waals surface area contributed by atoms with Gasteiger partial charge < -0.3 is 4.42 Å². The highest BCUT2D eigenvalue weighted by atomic mass is 16.6. The van der Waals surface area contributed by atoms with E-state index in [0.717, 1.165) is 0 Å². The number of carbonyl (C=O) groups is 1. The molecule has 0 saturated heterocycles. The summed E-state index contributed by atoms with van der Waals surface area (Å²) in [4.78, 5) is 19.3. The highest BCUT2D eigenvalue weighted by Gasteiger charge is 2.09. The van der Waals surface area contributed by atoms with Gasteiger partial charge >= 0.3 is 5.88 Å². The number of nitro groups is 1. The Morgan fingerprint density at radius 1 is 1.50 bits per heavy atom. The molecule has 0 aliphatic heterocycles. The molecule has 0 spiro atoms. The van der Waals surface area contributed by atoms with E-state index in [9.17, 15) is 14.9 Å². The van der Waals surface area contributed by atoms with Crippen LogP contribution in [-0.2, 0) is 4.79 Å². The zero-order valence-corrected chi connectivity index (χ0v) is 5.97. The lowest BCUT2D eigenvalue weighted by Gasteiger charge is -1.81. The largest absolute Gasteiger partial charge is 0.433 e. The van der Waals surface area contributed by atoms with Crippen molar-refractivity contribution >= 4 is 18.2 Å². The van der Waals surface area contributed by atoms with Gasteiger partial charge in [-0.3, -0.25) is 14.9 Å². The molecule has 5 heteroatoms. The predicted octanol–water partition coefficient (Wildman–Crippen LogP) is 1.40. The van der Waals surface area contributed by atoms with Crippen molar-refractivity contribution in [2.75, 3.05) is 0 Å². The van der Waals surface area contributed by atoms with Crippen LogP contribution in [0.2, 0.25) is 0 Å². The average molecular weight is 167 g/mol. The summed E-state index contributed by atoms with van der Waals surface area (Å²) >= 11 is 0. The van der Waals surface area contributed by atoms with Gasteiger partial charge in [0.25, 0.3) is 0 Å². The van der Waals surface area contributed by atoms with Crippen molar-refractivity contribution in [1.82, 2.24) is 0 Å². The average Bonchev–Trinajstić information content (AvgIpc) is 2.48. The molecule has 0 amide bonds. The highest BCUT2D eigenvalue weighted by molar-refractivity contribution is 5.72. The van der Waals surface area contributed by atoms with Gasteiger partial charge in [0.05, 0.1) is 6.07 Å². The Morgan fingerprint density at radius 2 is 2.25 bits per heavy atom. The molecule has 0 aromatic carbocycles. The molecule has 0 aliphatic rings. The lowest BCUT2D eigenvalue weighted by atomic mass is 10.4. The molecule has 1 heterocycles. The molecule has 0 fully saturated rings. The molecule has 62 valence electrons. The van der Waals surface area contributed by atoms with E-state index in [1.165, 1.54) is 24.3 Å². The van der Waals surface area contributed by atoms with Crippen molar-refractivity contribution in [3.05, 3.63) is 34.1 Å². The van der Waals surface area contributed by atoms with Crippen LogP contribution >= 0.6 is 0 Å². The number of hydrogen-bond donors (Lipinski definition) is 0. The molecule has 0 bridgehead atoms. The standard InChI is InChI=1S/C7H5NO4/c9-5-1-2-6-3-4-7(12-6)8(10)11/h1-5H/b2-1-. The monoisotopic (exact) mass is 167 g/mol. The summed E-state index contributed by atoms with van der Waals surface area (Å²) in [7, 11) is 0. The Bertz CT molecular complexity index is 326. The minimum Gasteiger partial charge on any atom is -0.401 e. The van der Waals surface area contributed by atoms with Gasteiger partial charge in [0, 0.05) is 0 Å². The first-order chi connectivity index (χ1) is 5.74. The summed E-state index contributed by atoms with van der Waals surface area (Å²) in [5, 5.41) is 10.1. The highest BCUT2D eigenvalue weighted by Crippen LogP contribution is 2.16. The molecule has 12 heavy (non-hydrogen) atoms. The van der Waals surface area contributed by atoms with E-state index in [2.05, 4.69) is 0 Å². The minimum absolute atomic E-state index is 0.286. The van der Waals surface area contributed by atoms with Crippen molar-refractivity contribution in [3.8, 4) is 0 Å². The van der Waals surface area contributed by atoms with E-state index in [1.807, 2.05) is 0 Å². The molecule has 1 aromatic rings. The number of aldehydes is 1. The molecule has 5 nitrogen and oxygen atoms in total. The number of rotatable bonds is 3. The first-order valence-corrected chi connectivity index (χ1v) is 3.10. The van der Waals surface area contributed by atoms with Gasteiger partial charge in [0.2, 0.25) is 0 Å². The smallest absolute Gasteiger partial charge is 0.401 e. The zero-order chi connectivity index (χ0) is 8.97. The summed E-state index contributed by atoms with van der Waals surface area (Å²) in [5.41, 5.74) is 0. The Hall–Kier alpha value is -1.91. The van der Waals surface area contributed by atoms with E-state index < -0.39 is 4.92 Å². The topological polar surface area (TPSA) is 73.3 Å². The molecule has 0 aliphatic carbocycles. The summed E-state index contributed by atoms with van der Waals surface area (Å²) in [6.45, 7) is 0. The van der Waals surface area contributed by atoms with E-state index in [-0.39, 0.29) is 11.6 Å². The van der Waals surface area contributed by atoms with Gasteiger partial charge in [-0.25, -0.2) is 0 Å². The van der Waals surface area contributed by atoms with Gasteiger partial charge in [-0.15, -0.1) is 0 Å².